The molecule has 0 amide bonds. The van der Waals surface area contributed by atoms with Crippen LogP contribution in [0.4, 0.5) is 17.1 Å². The minimum atomic E-state index is 0.864. The molecule has 0 radical (unpaired) electrons. The summed E-state index contributed by atoms with van der Waals surface area (Å²) in [6.07, 6.45) is 0. The van der Waals surface area contributed by atoms with Gasteiger partial charge < -0.3 is 9.32 Å². The number of anilines is 3. The van der Waals surface area contributed by atoms with Crippen LogP contribution in [0.25, 0.3) is 88.0 Å². The zero-order chi connectivity index (χ0) is 38.4. The van der Waals surface area contributed by atoms with E-state index in [2.05, 4.69) is 217 Å². The van der Waals surface area contributed by atoms with Crippen LogP contribution in [-0.4, -0.2) is 0 Å². The fourth-order valence-corrected chi connectivity index (χ4v) is 8.69. The maximum Gasteiger partial charge on any atom is 0.137 e. The molecule has 0 aliphatic rings. The van der Waals surface area contributed by atoms with Gasteiger partial charge in [0.15, 0.2) is 0 Å². The van der Waals surface area contributed by atoms with Crippen molar-refractivity contribution >= 4 is 60.5 Å². The number of benzene rings is 10. The van der Waals surface area contributed by atoms with Gasteiger partial charge in [0.25, 0.3) is 0 Å². The molecular formula is C56H37NO. The first kappa shape index (κ1) is 33.6. The molecule has 2 heteroatoms. The molecular weight excluding hydrogens is 703 g/mol. The van der Waals surface area contributed by atoms with Crippen molar-refractivity contribution in [1.82, 2.24) is 0 Å². The van der Waals surface area contributed by atoms with Crippen LogP contribution in [0.15, 0.2) is 229 Å². The SMILES string of the molecule is c1ccc(-c2c(-c3ccc(N(c4cccc(-c5cccc(-c6cccc7ccccc67)c5)c4)c4ccc5c(c4)oc4ccccc45)cc3)ccc3ccccc23)cc1. The lowest BCUT2D eigenvalue weighted by atomic mass is 9.90. The molecule has 11 aromatic rings. The molecule has 0 saturated heterocycles. The van der Waals surface area contributed by atoms with Gasteiger partial charge in [-0.05, 0) is 115 Å². The maximum absolute atomic E-state index is 6.43. The van der Waals surface area contributed by atoms with Crippen LogP contribution >= 0.6 is 0 Å². The van der Waals surface area contributed by atoms with Crippen LogP contribution in [0.1, 0.15) is 0 Å². The zero-order valence-corrected chi connectivity index (χ0v) is 31.7. The fourth-order valence-electron chi connectivity index (χ4n) is 8.69. The van der Waals surface area contributed by atoms with E-state index in [0.717, 1.165) is 44.6 Å². The second kappa shape index (κ2) is 14.1. The molecule has 0 aliphatic carbocycles. The Balaban J connectivity index is 1.04. The van der Waals surface area contributed by atoms with Gasteiger partial charge in [0.05, 0.1) is 0 Å². The van der Waals surface area contributed by atoms with Crippen molar-refractivity contribution in [3.8, 4) is 44.5 Å². The minimum Gasteiger partial charge on any atom is -0.456 e. The van der Waals surface area contributed by atoms with E-state index >= 15 is 0 Å². The number of hydrogen-bond donors (Lipinski definition) is 0. The van der Waals surface area contributed by atoms with E-state index in [0.29, 0.717) is 0 Å². The van der Waals surface area contributed by atoms with Crippen LogP contribution in [0.5, 0.6) is 0 Å². The highest BCUT2D eigenvalue weighted by Crippen LogP contribution is 2.43. The molecule has 0 spiro atoms. The van der Waals surface area contributed by atoms with E-state index in [9.17, 15) is 0 Å². The van der Waals surface area contributed by atoms with Crippen LogP contribution in [0.3, 0.4) is 0 Å². The molecule has 10 aromatic carbocycles. The Bertz CT molecular complexity index is 3280. The highest BCUT2D eigenvalue weighted by atomic mass is 16.3. The summed E-state index contributed by atoms with van der Waals surface area (Å²) in [5, 5.41) is 7.21. The summed E-state index contributed by atoms with van der Waals surface area (Å²) in [6, 6.07) is 80.7. The van der Waals surface area contributed by atoms with Gasteiger partial charge in [0.2, 0.25) is 0 Å². The first-order valence-corrected chi connectivity index (χ1v) is 19.8. The third-order valence-electron chi connectivity index (χ3n) is 11.4. The number of rotatable bonds is 7. The molecule has 1 aromatic heterocycles. The van der Waals surface area contributed by atoms with Crippen molar-refractivity contribution in [2.75, 3.05) is 4.90 Å². The predicted octanol–water partition coefficient (Wildman–Crippen LogP) is 16.0. The van der Waals surface area contributed by atoms with Gasteiger partial charge in [0.1, 0.15) is 11.2 Å². The normalized spacial score (nSPS) is 11.4. The Hall–Kier alpha value is -7.68. The summed E-state index contributed by atoms with van der Waals surface area (Å²) >= 11 is 0. The molecule has 0 bridgehead atoms. The van der Waals surface area contributed by atoms with Gasteiger partial charge in [-0.25, -0.2) is 0 Å². The molecule has 0 N–H and O–H groups in total. The largest absolute Gasteiger partial charge is 0.456 e. The first-order chi connectivity index (χ1) is 28.7. The molecule has 0 atom stereocenters. The Morgan fingerprint density at radius 2 is 0.862 bits per heavy atom. The van der Waals surface area contributed by atoms with Crippen LogP contribution in [0.2, 0.25) is 0 Å². The van der Waals surface area contributed by atoms with E-state index in [1.165, 1.54) is 60.5 Å². The van der Waals surface area contributed by atoms with Crippen LogP contribution in [-0.2, 0) is 0 Å². The molecule has 0 aliphatic heterocycles. The van der Waals surface area contributed by atoms with E-state index in [4.69, 9.17) is 4.42 Å². The molecule has 2 nitrogen and oxygen atoms in total. The fraction of sp³-hybridized carbons (Fsp3) is 0. The first-order valence-electron chi connectivity index (χ1n) is 19.8. The van der Waals surface area contributed by atoms with Gasteiger partial charge in [-0.2, -0.15) is 0 Å². The van der Waals surface area contributed by atoms with Gasteiger partial charge >= 0.3 is 0 Å². The number of fused-ring (bicyclic) bond motifs is 5. The van der Waals surface area contributed by atoms with Crippen molar-refractivity contribution in [3.63, 3.8) is 0 Å². The summed E-state index contributed by atoms with van der Waals surface area (Å²) in [5.74, 6) is 0. The summed E-state index contributed by atoms with van der Waals surface area (Å²) < 4.78 is 6.43. The van der Waals surface area contributed by atoms with Crippen molar-refractivity contribution in [2.24, 2.45) is 0 Å². The Kier molecular flexibility index (Phi) is 8.19. The highest BCUT2D eigenvalue weighted by molar-refractivity contribution is 6.07. The lowest BCUT2D eigenvalue weighted by Crippen LogP contribution is -2.10. The second-order valence-electron chi connectivity index (χ2n) is 14.9. The zero-order valence-electron chi connectivity index (χ0n) is 31.7. The van der Waals surface area contributed by atoms with Crippen molar-refractivity contribution in [1.29, 1.82) is 0 Å². The lowest BCUT2D eigenvalue weighted by molar-refractivity contribution is 0.669. The number of hydrogen-bond acceptors (Lipinski definition) is 2. The Morgan fingerprint density at radius 1 is 0.276 bits per heavy atom. The molecule has 0 fully saturated rings. The topological polar surface area (TPSA) is 16.4 Å². The summed E-state index contributed by atoms with van der Waals surface area (Å²) in [4.78, 5) is 2.34. The van der Waals surface area contributed by atoms with E-state index in [1.807, 2.05) is 12.1 Å². The second-order valence-corrected chi connectivity index (χ2v) is 14.9. The standard InChI is InChI=1S/C56H37NO/c1-2-15-41(16-3-1)56-50-23-7-5-14-39(50)29-33-51(56)40-27-30-45(31-28-40)57(47-32-34-53-52-24-8-9-26-54(52)58-55(53)37-47)46-21-11-19-43(36-46)42-18-10-20-44(35-42)49-25-12-17-38-13-4-6-22-48(38)49/h1-37H. The number of para-hydroxylation sites is 1. The summed E-state index contributed by atoms with van der Waals surface area (Å²) in [6.45, 7) is 0. The third kappa shape index (κ3) is 5.91. The van der Waals surface area contributed by atoms with Gasteiger partial charge in [-0.3, -0.25) is 0 Å². The van der Waals surface area contributed by atoms with Crippen molar-refractivity contribution in [3.05, 3.63) is 224 Å². The number of nitrogens with zero attached hydrogens (tertiary/aromatic N) is 1. The average molecular weight is 740 g/mol. The quantitative estimate of drug-likeness (QED) is 0.162. The van der Waals surface area contributed by atoms with Gasteiger partial charge in [-0.15, -0.1) is 0 Å². The molecule has 0 unspecified atom stereocenters. The Labute approximate surface area is 337 Å². The monoisotopic (exact) mass is 739 g/mol. The lowest BCUT2D eigenvalue weighted by Gasteiger charge is -2.26. The average Bonchev–Trinajstić information content (AvgIpc) is 3.67. The molecule has 272 valence electrons. The van der Waals surface area contributed by atoms with Crippen LogP contribution < -0.4 is 4.90 Å². The molecule has 11 rings (SSSR count). The molecule has 0 saturated carbocycles. The van der Waals surface area contributed by atoms with Gasteiger partial charge in [-0.1, -0.05) is 170 Å². The molecule has 1 heterocycles. The number of furan rings is 1. The van der Waals surface area contributed by atoms with E-state index < -0.39 is 0 Å². The highest BCUT2D eigenvalue weighted by Gasteiger charge is 2.18. The molecule has 58 heavy (non-hydrogen) atoms. The van der Waals surface area contributed by atoms with E-state index in [1.54, 1.807) is 0 Å². The van der Waals surface area contributed by atoms with Crippen LogP contribution in [0, 0.1) is 0 Å². The summed E-state index contributed by atoms with van der Waals surface area (Å²) in [5.41, 5.74) is 14.5. The Morgan fingerprint density at radius 3 is 1.71 bits per heavy atom. The maximum atomic E-state index is 6.43. The smallest absolute Gasteiger partial charge is 0.137 e. The summed E-state index contributed by atoms with van der Waals surface area (Å²) in [7, 11) is 0. The predicted molar refractivity (Wildman–Crippen MR) is 245 cm³/mol. The minimum absolute atomic E-state index is 0.864. The van der Waals surface area contributed by atoms with Gasteiger partial charge in [0, 0.05) is 33.9 Å². The van der Waals surface area contributed by atoms with Crippen molar-refractivity contribution < 1.29 is 4.42 Å². The van der Waals surface area contributed by atoms with E-state index in [-0.39, 0.29) is 0 Å². The third-order valence-corrected chi connectivity index (χ3v) is 11.4. The van der Waals surface area contributed by atoms with Crippen molar-refractivity contribution in [2.45, 2.75) is 0 Å².